The molecule has 33 heavy (non-hydrogen) atoms. The number of hydrogen-bond acceptors (Lipinski definition) is 4. The van der Waals surface area contributed by atoms with Crippen LogP contribution in [0.3, 0.4) is 0 Å². The summed E-state index contributed by atoms with van der Waals surface area (Å²) < 4.78 is 7.30. The molecule has 1 saturated heterocycles. The third-order valence-electron chi connectivity index (χ3n) is 6.35. The summed E-state index contributed by atoms with van der Waals surface area (Å²) in [5.74, 6) is 1.04. The van der Waals surface area contributed by atoms with Gasteiger partial charge in [-0.15, -0.1) is 0 Å². The topological polar surface area (TPSA) is 54.8 Å². The Morgan fingerprint density at radius 3 is 2.21 bits per heavy atom. The van der Waals surface area contributed by atoms with E-state index in [1.54, 1.807) is 7.11 Å². The van der Waals surface area contributed by atoms with E-state index in [9.17, 15) is 9.59 Å². The van der Waals surface area contributed by atoms with Gasteiger partial charge < -0.3 is 14.2 Å². The van der Waals surface area contributed by atoms with E-state index in [1.165, 1.54) is 0 Å². The second-order valence-corrected chi connectivity index (χ2v) is 8.56. The third-order valence-corrected chi connectivity index (χ3v) is 6.35. The summed E-state index contributed by atoms with van der Waals surface area (Å²) in [6.45, 7) is 7.11. The van der Waals surface area contributed by atoms with Gasteiger partial charge in [0.15, 0.2) is 5.78 Å². The molecule has 1 fully saturated rings. The van der Waals surface area contributed by atoms with Crippen LogP contribution >= 0.6 is 0 Å². The Hall–Kier alpha value is -3.38. The van der Waals surface area contributed by atoms with Crippen molar-refractivity contribution in [1.82, 2.24) is 14.4 Å². The fraction of sp³-hybridized carbons (Fsp3) is 0.333. The number of amides is 1. The number of piperazine rings is 1. The van der Waals surface area contributed by atoms with Gasteiger partial charge in [-0.2, -0.15) is 0 Å². The van der Waals surface area contributed by atoms with E-state index in [2.05, 4.69) is 21.6 Å². The fourth-order valence-corrected chi connectivity index (χ4v) is 4.49. The van der Waals surface area contributed by atoms with Gasteiger partial charge in [0.2, 0.25) is 5.91 Å². The highest BCUT2D eigenvalue weighted by atomic mass is 16.5. The Kier molecular flexibility index (Phi) is 6.94. The van der Waals surface area contributed by atoms with E-state index in [1.807, 2.05) is 67.3 Å². The number of carbonyl (C=O) groups is 2. The Balaban J connectivity index is 1.32. The highest BCUT2D eigenvalue weighted by Crippen LogP contribution is 2.21. The second-order valence-electron chi connectivity index (χ2n) is 8.56. The predicted octanol–water partition coefficient (Wildman–Crippen LogP) is 3.67. The van der Waals surface area contributed by atoms with Crippen LogP contribution in [0.4, 0.5) is 0 Å². The number of aromatic nitrogens is 1. The normalized spacial score (nSPS) is 14.3. The standard InChI is InChI=1S/C27H31N3O3/c1-20-17-25(21(2)30(20)23-7-5-4-6-8-23)26(31)19-28-13-15-29(16-14-28)27(32)18-22-9-11-24(33-3)12-10-22/h4-12,17H,13-16,18-19H2,1-3H3. The number of hydrogen-bond donors (Lipinski definition) is 0. The number of para-hydroxylation sites is 1. The Morgan fingerprint density at radius 2 is 1.58 bits per heavy atom. The Labute approximate surface area is 195 Å². The van der Waals surface area contributed by atoms with Crippen LogP contribution < -0.4 is 4.74 Å². The molecule has 0 aliphatic carbocycles. The molecule has 3 aromatic rings. The molecule has 1 aliphatic rings. The molecule has 2 aromatic carbocycles. The molecule has 6 heteroatoms. The molecule has 0 spiro atoms. The van der Waals surface area contributed by atoms with Crippen LogP contribution in [-0.4, -0.2) is 65.9 Å². The first kappa shape index (κ1) is 22.8. The summed E-state index contributed by atoms with van der Waals surface area (Å²) in [6, 6.07) is 19.7. The van der Waals surface area contributed by atoms with E-state index < -0.39 is 0 Å². The number of aryl methyl sites for hydroxylation is 1. The summed E-state index contributed by atoms with van der Waals surface area (Å²) in [5.41, 5.74) is 4.84. The molecule has 2 heterocycles. The van der Waals surface area contributed by atoms with Crippen molar-refractivity contribution in [1.29, 1.82) is 0 Å². The van der Waals surface area contributed by atoms with E-state index in [0.717, 1.165) is 34.0 Å². The smallest absolute Gasteiger partial charge is 0.227 e. The number of rotatable bonds is 7. The van der Waals surface area contributed by atoms with Crippen molar-refractivity contribution in [2.75, 3.05) is 39.8 Å². The first-order valence-corrected chi connectivity index (χ1v) is 11.4. The van der Waals surface area contributed by atoms with Crippen LogP contribution in [0.15, 0.2) is 60.7 Å². The lowest BCUT2D eigenvalue weighted by atomic mass is 10.1. The number of benzene rings is 2. The number of ketones is 1. The number of carbonyl (C=O) groups excluding carboxylic acids is 2. The number of nitrogens with zero attached hydrogens (tertiary/aromatic N) is 3. The zero-order valence-corrected chi connectivity index (χ0v) is 19.6. The zero-order valence-electron chi connectivity index (χ0n) is 19.6. The van der Waals surface area contributed by atoms with Gasteiger partial charge in [0.25, 0.3) is 0 Å². The number of ether oxygens (including phenoxy) is 1. The molecule has 0 saturated carbocycles. The summed E-state index contributed by atoms with van der Waals surface area (Å²) in [6.07, 6.45) is 0.383. The number of Topliss-reactive ketones (excluding diaryl/α,β-unsaturated/α-hetero) is 1. The van der Waals surface area contributed by atoms with Gasteiger partial charge in [0, 0.05) is 48.8 Å². The molecule has 0 N–H and O–H groups in total. The maximum absolute atomic E-state index is 13.1. The Morgan fingerprint density at radius 1 is 0.909 bits per heavy atom. The lowest BCUT2D eigenvalue weighted by Crippen LogP contribution is -2.50. The van der Waals surface area contributed by atoms with Gasteiger partial charge in [0.1, 0.15) is 5.75 Å². The maximum Gasteiger partial charge on any atom is 0.227 e. The zero-order chi connectivity index (χ0) is 23.4. The minimum absolute atomic E-state index is 0.123. The van der Waals surface area contributed by atoms with Crippen molar-refractivity contribution in [3.05, 3.63) is 83.2 Å². The SMILES string of the molecule is COc1ccc(CC(=O)N2CCN(CC(=O)c3cc(C)n(-c4ccccc4)c3C)CC2)cc1. The molecule has 0 bridgehead atoms. The van der Waals surface area contributed by atoms with Crippen molar-refractivity contribution in [2.24, 2.45) is 0 Å². The van der Waals surface area contributed by atoms with Crippen LogP contribution in [0.1, 0.15) is 27.3 Å². The van der Waals surface area contributed by atoms with Crippen molar-refractivity contribution in [2.45, 2.75) is 20.3 Å². The van der Waals surface area contributed by atoms with Gasteiger partial charge in [-0.05, 0) is 49.7 Å². The van der Waals surface area contributed by atoms with Crippen LogP contribution in [0.25, 0.3) is 5.69 Å². The van der Waals surface area contributed by atoms with Gasteiger partial charge >= 0.3 is 0 Å². The van der Waals surface area contributed by atoms with Crippen LogP contribution in [0.5, 0.6) is 5.75 Å². The summed E-state index contributed by atoms with van der Waals surface area (Å²) in [7, 11) is 1.63. The molecule has 6 nitrogen and oxygen atoms in total. The van der Waals surface area contributed by atoms with Gasteiger partial charge in [-0.1, -0.05) is 30.3 Å². The van der Waals surface area contributed by atoms with Crippen molar-refractivity contribution in [3.8, 4) is 11.4 Å². The fourth-order valence-electron chi connectivity index (χ4n) is 4.49. The maximum atomic E-state index is 13.1. The van der Waals surface area contributed by atoms with Crippen molar-refractivity contribution < 1.29 is 14.3 Å². The van der Waals surface area contributed by atoms with Gasteiger partial charge in [-0.25, -0.2) is 0 Å². The van der Waals surface area contributed by atoms with Crippen LogP contribution in [0.2, 0.25) is 0 Å². The summed E-state index contributed by atoms with van der Waals surface area (Å²) in [4.78, 5) is 29.8. The molecule has 0 radical (unpaired) electrons. The highest BCUT2D eigenvalue weighted by molar-refractivity contribution is 5.99. The average Bonchev–Trinajstić information content (AvgIpc) is 3.14. The Bertz CT molecular complexity index is 1110. The summed E-state index contributed by atoms with van der Waals surface area (Å²) in [5, 5.41) is 0. The third kappa shape index (κ3) is 5.17. The van der Waals surface area contributed by atoms with E-state index in [-0.39, 0.29) is 11.7 Å². The molecule has 0 atom stereocenters. The molecule has 4 rings (SSSR count). The second kappa shape index (κ2) is 10.0. The summed E-state index contributed by atoms with van der Waals surface area (Å²) >= 11 is 0. The quantitative estimate of drug-likeness (QED) is 0.521. The molecule has 1 aromatic heterocycles. The molecular weight excluding hydrogens is 414 g/mol. The molecule has 1 amide bonds. The van der Waals surface area contributed by atoms with Crippen molar-refractivity contribution in [3.63, 3.8) is 0 Å². The molecule has 172 valence electrons. The van der Waals surface area contributed by atoms with Crippen LogP contribution in [-0.2, 0) is 11.2 Å². The average molecular weight is 446 g/mol. The van der Waals surface area contributed by atoms with E-state index >= 15 is 0 Å². The van der Waals surface area contributed by atoms with Gasteiger partial charge in [-0.3, -0.25) is 14.5 Å². The monoisotopic (exact) mass is 445 g/mol. The lowest BCUT2D eigenvalue weighted by molar-refractivity contribution is -0.132. The highest BCUT2D eigenvalue weighted by Gasteiger charge is 2.24. The lowest BCUT2D eigenvalue weighted by Gasteiger charge is -2.34. The van der Waals surface area contributed by atoms with Gasteiger partial charge in [0.05, 0.1) is 20.1 Å². The first-order valence-electron chi connectivity index (χ1n) is 11.4. The van der Waals surface area contributed by atoms with E-state index in [4.69, 9.17) is 4.74 Å². The van der Waals surface area contributed by atoms with Crippen LogP contribution in [0, 0.1) is 13.8 Å². The minimum Gasteiger partial charge on any atom is -0.497 e. The molecule has 0 unspecified atom stereocenters. The predicted molar refractivity (Wildman–Crippen MR) is 129 cm³/mol. The number of methoxy groups -OCH3 is 1. The van der Waals surface area contributed by atoms with Crippen molar-refractivity contribution >= 4 is 11.7 Å². The minimum atomic E-state index is 0.123. The largest absolute Gasteiger partial charge is 0.497 e. The van der Waals surface area contributed by atoms with E-state index in [0.29, 0.717) is 39.1 Å². The first-order chi connectivity index (χ1) is 16.0. The molecular formula is C27H31N3O3. The molecule has 1 aliphatic heterocycles.